The molecule has 0 bridgehead atoms. The van der Waals surface area contributed by atoms with Crippen molar-refractivity contribution in [1.82, 2.24) is 36.5 Å². The lowest BCUT2D eigenvalue weighted by Gasteiger charge is -2.34. The van der Waals surface area contributed by atoms with E-state index in [1.807, 2.05) is 120 Å². The van der Waals surface area contributed by atoms with Gasteiger partial charge in [-0.05, 0) is 75.6 Å². The molecule has 14 nitrogen and oxygen atoms in total. The van der Waals surface area contributed by atoms with Gasteiger partial charge in [-0.2, -0.15) is 0 Å². The number of carbonyl (C=O) groups excluding carboxylic acids is 6. The minimum absolute atomic E-state index is 0.0544. The first-order valence-corrected chi connectivity index (χ1v) is 21.7. The van der Waals surface area contributed by atoms with E-state index in [9.17, 15) is 28.8 Å². The summed E-state index contributed by atoms with van der Waals surface area (Å²) in [7, 11) is 0. The highest BCUT2D eigenvalue weighted by molar-refractivity contribution is 5.99. The summed E-state index contributed by atoms with van der Waals surface area (Å²) in [5.41, 5.74) is 2.43. The van der Waals surface area contributed by atoms with Crippen LogP contribution in [0, 0.1) is 5.92 Å². The van der Waals surface area contributed by atoms with Gasteiger partial charge in [-0.15, -0.1) is 0 Å². The SMILES string of the molecule is CC(C)C[C@@H]1NC(=O)[C@@H](Cc2c[nH]c3ccccc23)NC(=O)[C@H](Cc2ccccc2)NC(=O)[C@@H]2CCCN2C(=O)[C@H](Cc2ccccc2)NC(=O)[C@H]([C@@H](C)OC(C)(C)C)NC1=O. The number of fused-ring (bicyclic) bond motifs is 2. The molecule has 6 rings (SSSR count). The zero-order valence-corrected chi connectivity index (χ0v) is 36.5. The predicted octanol–water partition coefficient (Wildman–Crippen LogP) is 3.87. The number of benzene rings is 3. The summed E-state index contributed by atoms with van der Waals surface area (Å²) in [6, 6.07) is 19.2. The third-order valence-electron chi connectivity index (χ3n) is 11.3. The highest BCUT2D eigenvalue weighted by Crippen LogP contribution is 2.23. The lowest BCUT2D eigenvalue weighted by Crippen LogP contribution is -2.63. The molecule has 1 aromatic heterocycles. The van der Waals surface area contributed by atoms with Crippen LogP contribution in [0.4, 0.5) is 0 Å². The Kier molecular flexibility index (Phi) is 14.9. The molecule has 2 saturated heterocycles. The smallest absolute Gasteiger partial charge is 0.246 e. The molecule has 3 heterocycles. The molecule has 0 spiro atoms. The Bertz CT molecular complexity index is 2200. The molecule has 4 aromatic rings. The molecular formula is C48H61N7O7. The zero-order chi connectivity index (χ0) is 44.6. The number of rotatable bonds is 10. The number of hydrogen-bond donors (Lipinski definition) is 6. The summed E-state index contributed by atoms with van der Waals surface area (Å²) >= 11 is 0. The highest BCUT2D eigenvalue weighted by atomic mass is 16.5. The van der Waals surface area contributed by atoms with Gasteiger partial charge in [0.2, 0.25) is 35.4 Å². The number of aromatic nitrogens is 1. The van der Waals surface area contributed by atoms with E-state index >= 15 is 0 Å². The van der Waals surface area contributed by atoms with Crippen molar-refractivity contribution >= 4 is 46.3 Å². The van der Waals surface area contributed by atoms with E-state index < -0.39 is 83.4 Å². The molecule has 62 heavy (non-hydrogen) atoms. The maximum Gasteiger partial charge on any atom is 0.246 e. The lowest BCUT2D eigenvalue weighted by atomic mass is 9.99. The maximum atomic E-state index is 14.7. The second-order valence-electron chi connectivity index (χ2n) is 17.9. The van der Waals surface area contributed by atoms with Crippen LogP contribution in [-0.4, -0.2) is 99.8 Å². The summed E-state index contributed by atoms with van der Waals surface area (Å²) < 4.78 is 6.25. The number of carbonyl (C=O) groups is 6. The molecule has 14 heteroatoms. The van der Waals surface area contributed by atoms with Gasteiger partial charge in [0.1, 0.15) is 36.3 Å². The highest BCUT2D eigenvalue weighted by Gasteiger charge is 2.42. The van der Waals surface area contributed by atoms with E-state index in [1.54, 1.807) is 13.1 Å². The van der Waals surface area contributed by atoms with Gasteiger partial charge in [0.15, 0.2) is 0 Å². The van der Waals surface area contributed by atoms with Gasteiger partial charge in [0.05, 0.1) is 11.7 Å². The number of aromatic amines is 1. The molecule has 0 radical (unpaired) electrons. The van der Waals surface area contributed by atoms with Gasteiger partial charge in [-0.25, -0.2) is 0 Å². The standard InChI is InChI=1S/C48H61N7O7/c1-29(2)24-36-44(58)54-41(30(3)62-48(4,5)6)46(60)53-39(26-32-18-11-8-12-19-32)47(61)55-23-15-22-40(55)45(59)52-37(25-31-16-9-7-10-17-31)42(56)51-38(43(57)50-36)27-33-28-49-35-21-14-13-20-34(33)35/h7-14,16-21,28-30,36-41,49H,15,22-27H2,1-6H3,(H,50,57)(H,51,56)(H,52,59)(H,53,60)(H,54,58)/t30-,36+,37+,38-,39+,40+,41+/m1/s1. The Morgan fingerprint density at radius 3 is 1.79 bits per heavy atom. The molecular weight excluding hydrogens is 787 g/mol. The largest absolute Gasteiger partial charge is 0.370 e. The second-order valence-corrected chi connectivity index (χ2v) is 17.9. The van der Waals surface area contributed by atoms with Crippen molar-refractivity contribution in [1.29, 1.82) is 0 Å². The van der Waals surface area contributed by atoms with E-state index in [-0.39, 0.29) is 38.1 Å². The fourth-order valence-corrected chi connectivity index (χ4v) is 8.39. The van der Waals surface area contributed by atoms with Crippen LogP contribution in [0.3, 0.4) is 0 Å². The van der Waals surface area contributed by atoms with Crippen LogP contribution < -0.4 is 26.6 Å². The molecule has 0 aliphatic carbocycles. The van der Waals surface area contributed by atoms with Crippen molar-refractivity contribution < 1.29 is 33.5 Å². The number of nitrogens with one attached hydrogen (secondary N) is 6. The fourth-order valence-electron chi connectivity index (χ4n) is 8.39. The third kappa shape index (κ3) is 11.9. The van der Waals surface area contributed by atoms with Crippen LogP contribution in [0.5, 0.6) is 0 Å². The van der Waals surface area contributed by atoms with Gasteiger partial charge in [0, 0.05) is 42.9 Å². The number of amides is 6. The van der Waals surface area contributed by atoms with Crippen LogP contribution in [-0.2, 0) is 52.8 Å². The minimum atomic E-state index is -1.30. The maximum absolute atomic E-state index is 14.7. The van der Waals surface area contributed by atoms with Crippen molar-refractivity contribution in [2.24, 2.45) is 5.92 Å². The number of nitrogens with zero attached hydrogens (tertiary/aromatic N) is 1. The third-order valence-corrected chi connectivity index (χ3v) is 11.3. The molecule has 6 N–H and O–H groups in total. The van der Waals surface area contributed by atoms with Crippen LogP contribution in [0.1, 0.15) is 77.5 Å². The average Bonchev–Trinajstić information content (AvgIpc) is 3.89. The van der Waals surface area contributed by atoms with Crippen LogP contribution >= 0.6 is 0 Å². The number of ether oxygens (including phenoxy) is 1. The van der Waals surface area contributed by atoms with Crippen molar-refractivity contribution in [2.75, 3.05) is 6.54 Å². The lowest BCUT2D eigenvalue weighted by molar-refractivity contribution is -0.145. The number of para-hydroxylation sites is 1. The first-order valence-electron chi connectivity index (χ1n) is 21.7. The van der Waals surface area contributed by atoms with Gasteiger partial charge < -0.3 is 41.2 Å². The van der Waals surface area contributed by atoms with Crippen LogP contribution in [0.15, 0.2) is 91.1 Å². The van der Waals surface area contributed by atoms with Crippen molar-refractivity contribution in [3.63, 3.8) is 0 Å². The van der Waals surface area contributed by atoms with E-state index in [2.05, 4.69) is 31.6 Å². The molecule has 2 aliphatic heterocycles. The predicted molar refractivity (Wildman–Crippen MR) is 236 cm³/mol. The Hall–Kier alpha value is -6.02. The fraction of sp³-hybridized carbons (Fsp3) is 0.458. The molecule has 6 amide bonds. The molecule has 2 fully saturated rings. The summed E-state index contributed by atoms with van der Waals surface area (Å²) in [4.78, 5) is 92.0. The Labute approximate surface area is 363 Å². The van der Waals surface area contributed by atoms with Gasteiger partial charge in [-0.3, -0.25) is 28.8 Å². The molecule has 0 saturated carbocycles. The number of H-pyrrole nitrogens is 1. The molecule has 0 unspecified atom stereocenters. The van der Waals surface area contributed by atoms with Crippen LogP contribution in [0.2, 0.25) is 0 Å². The topological polar surface area (TPSA) is 191 Å². The summed E-state index contributed by atoms with van der Waals surface area (Å²) in [5, 5.41) is 15.5. The molecule has 3 aromatic carbocycles. The van der Waals surface area contributed by atoms with Crippen LogP contribution in [0.25, 0.3) is 10.9 Å². The number of hydrogen-bond acceptors (Lipinski definition) is 7. The van der Waals surface area contributed by atoms with Gasteiger partial charge in [-0.1, -0.05) is 92.7 Å². The van der Waals surface area contributed by atoms with E-state index in [0.717, 1.165) is 27.6 Å². The Morgan fingerprint density at radius 2 is 1.16 bits per heavy atom. The van der Waals surface area contributed by atoms with E-state index in [4.69, 9.17) is 4.74 Å². The molecule has 330 valence electrons. The molecule has 7 atom stereocenters. The quantitative estimate of drug-likeness (QED) is 0.140. The Morgan fingerprint density at radius 1 is 0.629 bits per heavy atom. The van der Waals surface area contributed by atoms with E-state index in [1.165, 1.54) is 4.90 Å². The first-order chi connectivity index (χ1) is 29.6. The Balaban J connectivity index is 1.43. The zero-order valence-electron chi connectivity index (χ0n) is 36.5. The van der Waals surface area contributed by atoms with Crippen molar-refractivity contribution in [3.8, 4) is 0 Å². The average molecular weight is 848 g/mol. The summed E-state index contributed by atoms with van der Waals surface area (Å²) in [6.45, 7) is 11.2. The van der Waals surface area contributed by atoms with E-state index in [0.29, 0.717) is 12.8 Å². The van der Waals surface area contributed by atoms with Gasteiger partial charge in [0.25, 0.3) is 0 Å². The minimum Gasteiger partial charge on any atom is -0.370 e. The first kappa shape index (κ1) is 45.5. The van der Waals surface area contributed by atoms with Gasteiger partial charge >= 0.3 is 0 Å². The molecule has 2 aliphatic rings. The summed E-state index contributed by atoms with van der Waals surface area (Å²) in [5.74, 6) is -3.58. The summed E-state index contributed by atoms with van der Waals surface area (Å²) in [6.07, 6.45) is 2.22. The normalized spacial score (nSPS) is 24.0. The second kappa shape index (κ2) is 20.2. The van der Waals surface area contributed by atoms with Crippen molar-refractivity contribution in [3.05, 3.63) is 108 Å². The van der Waals surface area contributed by atoms with Crippen molar-refractivity contribution in [2.45, 2.75) is 128 Å². The monoisotopic (exact) mass is 847 g/mol.